The largest absolute Gasteiger partial charge is 0.480 e. The summed E-state index contributed by atoms with van der Waals surface area (Å²) in [7, 11) is 0. The van der Waals surface area contributed by atoms with Crippen molar-refractivity contribution in [1.29, 1.82) is 0 Å². The van der Waals surface area contributed by atoms with E-state index in [2.05, 4.69) is 10.6 Å². The highest BCUT2D eigenvalue weighted by atomic mass is 16.4. The molecule has 0 bridgehead atoms. The lowest BCUT2D eigenvalue weighted by atomic mass is 10.0. The summed E-state index contributed by atoms with van der Waals surface area (Å²) >= 11 is 0. The first-order valence-corrected chi connectivity index (χ1v) is 10.2. The van der Waals surface area contributed by atoms with Gasteiger partial charge in [-0.05, 0) is 29.7 Å². The van der Waals surface area contributed by atoms with Crippen LogP contribution in [-0.4, -0.2) is 51.7 Å². The standard InChI is InChI=1S/C23H21N3O6/c27-19-10-9-18(21(29)25-19)26-12-16-14(7-4-8-15(16)22(26)30)20(28)24-17(23(31)32)11-13-5-2-1-3-6-13/h1-8,17-18H,9-12H2,(H,24,28)(H,31,32)(H,25,27,29)/t17-,18?/m1/s1. The Labute approximate surface area is 183 Å². The minimum Gasteiger partial charge on any atom is -0.480 e. The molecule has 3 N–H and O–H groups in total. The Morgan fingerprint density at radius 3 is 2.53 bits per heavy atom. The number of amides is 4. The number of hydrogen-bond donors (Lipinski definition) is 3. The van der Waals surface area contributed by atoms with Crippen molar-refractivity contribution in [2.75, 3.05) is 0 Å². The molecule has 1 fully saturated rings. The van der Waals surface area contributed by atoms with E-state index in [1.807, 2.05) is 6.07 Å². The molecule has 0 saturated carbocycles. The molecule has 4 amide bonds. The number of carbonyl (C=O) groups is 5. The first kappa shape index (κ1) is 21.2. The molecule has 4 rings (SSSR count). The molecule has 2 atom stereocenters. The molecule has 0 aliphatic carbocycles. The number of nitrogens with zero attached hydrogens (tertiary/aromatic N) is 1. The van der Waals surface area contributed by atoms with E-state index in [4.69, 9.17) is 0 Å². The van der Waals surface area contributed by atoms with Gasteiger partial charge in [-0.1, -0.05) is 36.4 Å². The molecule has 9 heteroatoms. The van der Waals surface area contributed by atoms with Gasteiger partial charge in [-0.2, -0.15) is 0 Å². The summed E-state index contributed by atoms with van der Waals surface area (Å²) in [6, 6.07) is 11.6. The maximum atomic E-state index is 13.0. The van der Waals surface area contributed by atoms with E-state index < -0.39 is 35.8 Å². The number of carboxylic acids is 1. The lowest BCUT2D eigenvalue weighted by Gasteiger charge is -2.29. The highest BCUT2D eigenvalue weighted by Gasteiger charge is 2.40. The second-order valence-electron chi connectivity index (χ2n) is 7.79. The average molecular weight is 435 g/mol. The van der Waals surface area contributed by atoms with Gasteiger partial charge in [-0.25, -0.2) is 4.79 Å². The molecule has 164 valence electrons. The Bertz CT molecular complexity index is 1110. The zero-order chi connectivity index (χ0) is 22.8. The number of carbonyl (C=O) groups excluding carboxylic acids is 4. The van der Waals surface area contributed by atoms with Crippen molar-refractivity contribution in [3.05, 3.63) is 70.8 Å². The summed E-state index contributed by atoms with van der Waals surface area (Å²) in [4.78, 5) is 62.6. The molecule has 0 spiro atoms. The van der Waals surface area contributed by atoms with Gasteiger partial charge in [0.1, 0.15) is 12.1 Å². The minimum atomic E-state index is -1.17. The molecule has 2 aliphatic heterocycles. The number of piperidine rings is 1. The third kappa shape index (κ3) is 4.09. The normalized spacial score (nSPS) is 18.7. The van der Waals surface area contributed by atoms with E-state index >= 15 is 0 Å². The van der Waals surface area contributed by atoms with Crippen molar-refractivity contribution in [2.45, 2.75) is 37.9 Å². The van der Waals surface area contributed by atoms with Gasteiger partial charge in [0.2, 0.25) is 11.8 Å². The predicted molar refractivity (Wildman–Crippen MR) is 112 cm³/mol. The first-order valence-electron chi connectivity index (χ1n) is 10.2. The molecule has 2 aromatic rings. The molecule has 1 saturated heterocycles. The van der Waals surface area contributed by atoms with E-state index in [9.17, 15) is 29.1 Å². The fourth-order valence-electron chi connectivity index (χ4n) is 4.08. The van der Waals surface area contributed by atoms with Gasteiger partial charge in [0, 0.05) is 30.5 Å². The smallest absolute Gasteiger partial charge is 0.326 e. The summed E-state index contributed by atoms with van der Waals surface area (Å²) in [5.41, 5.74) is 1.67. The van der Waals surface area contributed by atoms with Crippen LogP contribution >= 0.6 is 0 Å². The number of fused-ring (bicyclic) bond motifs is 1. The number of benzene rings is 2. The summed E-state index contributed by atoms with van der Waals surface area (Å²) < 4.78 is 0. The van der Waals surface area contributed by atoms with Crippen molar-refractivity contribution in [3.8, 4) is 0 Å². The van der Waals surface area contributed by atoms with E-state index in [1.165, 1.54) is 11.0 Å². The van der Waals surface area contributed by atoms with Crippen LogP contribution in [0.25, 0.3) is 0 Å². The summed E-state index contributed by atoms with van der Waals surface area (Å²) in [5, 5.41) is 14.4. The average Bonchev–Trinajstić information content (AvgIpc) is 3.10. The second-order valence-corrected chi connectivity index (χ2v) is 7.79. The maximum Gasteiger partial charge on any atom is 0.326 e. The van der Waals surface area contributed by atoms with Gasteiger partial charge >= 0.3 is 5.97 Å². The summed E-state index contributed by atoms with van der Waals surface area (Å²) in [6.45, 7) is 0.0282. The Balaban J connectivity index is 1.54. The predicted octanol–water partition coefficient (Wildman–Crippen LogP) is 0.873. The van der Waals surface area contributed by atoms with E-state index in [0.717, 1.165) is 5.56 Å². The van der Waals surface area contributed by atoms with Crippen LogP contribution in [0.4, 0.5) is 0 Å². The van der Waals surface area contributed by atoms with Crippen LogP contribution in [0.5, 0.6) is 0 Å². The zero-order valence-electron chi connectivity index (χ0n) is 17.0. The fraction of sp³-hybridized carbons (Fsp3) is 0.261. The van der Waals surface area contributed by atoms with Crippen LogP contribution < -0.4 is 10.6 Å². The molecular weight excluding hydrogens is 414 g/mol. The van der Waals surface area contributed by atoms with Gasteiger partial charge < -0.3 is 15.3 Å². The van der Waals surface area contributed by atoms with E-state index in [-0.39, 0.29) is 42.8 Å². The van der Waals surface area contributed by atoms with Crippen LogP contribution in [0.2, 0.25) is 0 Å². The van der Waals surface area contributed by atoms with Gasteiger partial charge in [0.15, 0.2) is 0 Å². The Morgan fingerprint density at radius 1 is 1.09 bits per heavy atom. The first-order chi connectivity index (χ1) is 15.3. The highest BCUT2D eigenvalue weighted by molar-refractivity contribution is 6.08. The van der Waals surface area contributed by atoms with Crippen molar-refractivity contribution >= 4 is 29.6 Å². The quantitative estimate of drug-likeness (QED) is 0.577. The molecule has 0 aromatic heterocycles. The fourth-order valence-corrected chi connectivity index (χ4v) is 4.08. The molecule has 0 radical (unpaired) electrons. The third-order valence-electron chi connectivity index (χ3n) is 5.71. The Hall–Kier alpha value is -4.01. The van der Waals surface area contributed by atoms with Crippen LogP contribution in [-0.2, 0) is 27.3 Å². The number of aliphatic carboxylic acids is 1. The van der Waals surface area contributed by atoms with Crippen LogP contribution in [0.1, 0.15) is 44.7 Å². The van der Waals surface area contributed by atoms with Crippen LogP contribution in [0.15, 0.2) is 48.5 Å². The highest BCUT2D eigenvalue weighted by Crippen LogP contribution is 2.30. The monoisotopic (exact) mass is 435 g/mol. The molecule has 2 aliphatic rings. The SMILES string of the molecule is O=C1CCC(N2Cc3c(C(=O)N[C@H](Cc4ccccc4)C(=O)O)cccc3C2=O)C(=O)N1. The number of imide groups is 1. The van der Waals surface area contributed by atoms with Gasteiger partial charge in [-0.3, -0.25) is 24.5 Å². The van der Waals surface area contributed by atoms with Crippen molar-refractivity contribution in [2.24, 2.45) is 0 Å². The van der Waals surface area contributed by atoms with Crippen molar-refractivity contribution in [3.63, 3.8) is 0 Å². The van der Waals surface area contributed by atoms with Crippen LogP contribution in [0.3, 0.4) is 0 Å². The lowest BCUT2D eigenvalue weighted by Crippen LogP contribution is -2.52. The van der Waals surface area contributed by atoms with Gasteiger partial charge in [0.25, 0.3) is 11.8 Å². The number of carboxylic acid groups (broad SMARTS) is 1. The number of nitrogens with one attached hydrogen (secondary N) is 2. The second kappa shape index (κ2) is 8.62. The summed E-state index contributed by atoms with van der Waals surface area (Å²) in [5.74, 6) is -3.10. The molecule has 2 aromatic carbocycles. The Morgan fingerprint density at radius 2 is 1.84 bits per heavy atom. The third-order valence-corrected chi connectivity index (χ3v) is 5.71. The number of hydrogen-bond acceptors (Lipinski definition) is 5. The molecular formula is C23H21N3O6. The molecule has 9 nitrogen and oxygen atoms in total. The molecule has 32 heavy (non-hydrogen) atoms. The molecule has 1 unspecified atom stereocenters. The van der Waals surface area contributed by atoms with Gasteiger partial charge in [0.05, 0.1) is 0 Å². The summed E-state index contributed by atoms with van der Waals surface area (Å²) in [6.07, 6.45) is 0.450. The van der Waals surface area contributed by atoms with E-state index in [1.54, 1.807) is 36.4 Å². The maximum absolute atomic E-state index is 13.0. The Kier molecular flexibility index (Phi) is 5.72. The number of rotatable bonds is 6. The van der Waals surface area contributed by atoms with Crippen molar-refractivity contribution < 1.29 is 29.1 Å². The van der Waals surface area contributed by atoms with Crippen LogP contribution in [0, 0.1) is 0 Å². The van der Waals surface area contributed by atoms with Gasteiger partial charge in [-0.15, -0.1) is 0 Å². The van der Waals surface area contributed by atoms with E-state index in [0.29, 0.717) is 5.56 Å². The minimum absolute atomic E-state index is 0.0282. The zero-order valence-corrected chi connectivity index (χ0v) is 17.0. The lowest BCUT2D eigenvalue weighted by molar-refractivity contribution is -0.139. The molecule has 2 heterocycles. The topological polar surface area (TPSA) is 133 Å². The van der Waals surface area contributed by atoms with Crippen molar-refractivity contribution in [1.82, 2.24) is 15.5 Å².